The van der Waals surface area contributed by atoms with Gasteiger partial charge in [-0.1, -0.05) is 72.8 Å². The van der Waals surface area contributed by atoms with Crippen LogP contribution in [-0.2, 0) is 27.4 Å². The number of hydrogen-bond donors (Lipinski definition) is 2. The van der Waals surface area contributed by atoms with Gasteiger partial charge in [0, 0.05) is 50.6 Å². The number of morpholine rings is 1. The molecule has 3 atom stereocenters. The van der Waals surface area contributed by atoms with Crippen LogP contribution >= 0.6 is 0 Å². The van der Waals surface area contributed by atoms with E-state index in [0.717, 1.165) is 72.6 Å². The van der Waals surface area contributed by atoms with Crippen molar-refractivity contribution in [2.45, 2.75) is 38.1 Å². The predicted octanol–water partition coefficient (Wildman–Crippen LogP) is 5.05. The molecule has 0 bridgehead atoms. The van der Waals surface area contributed by atoms with E-state index in [2.05, 4.69) is 45.5 Å². The molecular weight excluding hydrogens is 542 g/mol. The normalized spacial score (nSPS) is 20.9. The maximum Gasteiger partial charge on any atom is 0.253 e. The van der Waals surface area contributed by atoms with E-state index in [4.69, 9.17) is 14.2 Å². The van der Waals surface area contributed by atoms with Gasteiger partial charge in [0.05, 0.1) is 37.6 Å². The number of carbonyl (C=O) groups excluding carboxylic acids is 1. The Morgan fingerprint density at radius 1 is 0.907 bits per heavy atom. The largest absolute Gasteiger partial charge is 0.392 e. The molecule has 2 aliphatic rings. The Labute approximate surface area is 252 Å². The molecule has 0 radical (unpaired) electrons. The minimum absolute atomic E-state index is 0.00296. The maximum atomic E-state index is 12.6. The summed E-state index contributed by atoms with van der Waals surface area (Å²) in [7, 11) is 0. The minimum Gasteiger partial charge on any atom is -0.392 e. The minimum atomic E-state index is -0.509. The van der Waals surface area contributed by atoms with Crippen LogP contribution in [0.2, 0.25) is 0 Å². The van der Waals surface area contributed by atoms with Gasteiger partial charge in [0.1, 0.15) is 0 Å². The van der Waals surface area contributed by atoms with Gasteiger partial charge in [0.2, 0.25) is 0 Å². The van der Waals surface area contributed by atoms with Gasteiger partial charge in [-0.25, -0.2) is 0 Å². The van der Waals surface area contributed by atoms with Crippen molar-refractivity contribution in [2.75, 3.05) is 32.8 Å². The van der Waals surface area contributed by atoms with Crippen LogP contribution in [0.4, 0.5) is 0 Å². The van der Waals surface area contributed by atoms with Crippen LogP contribution in [0.15, 0.2) is 97.3 Å². The molecule has 6 rings (SSSR count). The van der Waals surface area contributed by atoms with Gasteiger partial charge in [-0.3, -0.25) is 14.7 Å². The van der Waals surface area contributed by atoms with Gasteiger partial charge in [-0.2, -0.15) is 0 Å². The summed E-state index contributed by atoms with van der Waals surface area (Å²) in [6.07, 6.45) is 3.34. The second-order valence-corrected chi connectivity index (χ2v) is 11.0. The first-order chi connectivity index (χ1) is 21.2. The number of aliphatic hydroxyl groups is 1. The van der Waals surface area contributed by atoms with Crippen LogP contribution in [0.25, 0.3) is 11.1 Å². The van der Waals surface area contributed by atoms with Crippen LogP contribution in [0, 0.1) is 0 Å². The Hall–Kier alpha value is -3.92. The number of hydrogen-bond acceptors (Lipinski definition) is 7. The third-order valence-corrected chi connectivity index (χ3v) is 8.05. The number of nitrogens with zero attached hydrogens (tertiary/aromatic N) is 2. The quantitative estimate of drug-likeness (QED) is 0.287. The molecule has 2 fully saturated rings. The first-order valence-electron chi connectivity index (χ1n) is 14.8. The first kappa shape index (κ1) is 29.2. The lowest BCUT2D eigenvalue weighted by atomic mass is 9.97. The van der Waals surface area contributed by atoms with Crippen molar-refractivity contribution in [1.29, 1.82) is 0 Å². The lowest BCUT2D eigenvalue weighted by molar-refractivity contribution is -0.253. The number of nitrogens with one attached hydrogen (secondary N) is 1. The van der Waals surface area contributed by atoms with E-state index >= 15 is 0 Å². The molecular formula is C35H37N3O5. The molecule has 43 heavy (non-hydrogen) atoms. The molecule has 2 saturated heterocycles. The molecule has 1 amide bonds. The van der Waals surface area contributed by atoms with Gasteiger partial charge in [0.25, 0.3) is 5.91 Å². The first-order valence-corrected chi connectivity index (χ1v) is 14.8. The number of amides is 1. The second-order valence-electron chi connectivity index (χ2n) is 11.0. The van der Waals surface area contributed by atoms with Crippen molar-refractivity contribution in [2.24, 2.45) is 0 Å². The molecule has 2 N–H and O–H groups in total. The Morgan fingerprint density at radius 2 is 1.67 bits per heavy atom. The zero-order valence-corrected chi connectivity index (χ0v) is 24.1. The summed E-state index contributed by atoms with van der Waals surface area (Å²) in [6, 6.07) is 27.9. The summed E-state index contributed by atoms with van der Waals surface area (Å²) < 4.78 is 18.6. The smallest absolute Gasteiger partial charge is 0.253 e. The average molecular weight is 580 g/mol. The van der Waals surface area contributed by atoms with E-state index in [1.165, 1.54) is 0 Å². The maximum absolute atomic E-state index is 12.6. The molecule has 1 aromatic heterocycles. The zero-order valence-electron chi connectivity index (χ0n) is 24.1. The van der Waals surface area contributed by atoms with E-state index in [0.29, 0.717) is 12.1 Å². The van der Waals surface area contributed by atoms with Crippen molar-refractivity contribution >= 4 is 5.91 Å². The van der Waals surface area contributed by atoms with Crippen LogP contribution in [0.3, 0.4) is 0 Å². The van der Waals surface area contributed by atoms with Crippen LogP contribution in [-0.4, -0.2) is 59.8 Å². The Morgan fingerprint density at radius 3 is 2.42 bits per heavy atom. The number of aliphatic hydroxyl groups excluding tert-OH is 1. The summed E-state index contributed by atoms with van der Waals surface area (Å²) in [5.74, 6) is -0.156. The van der Waals surface area contributed by atoms with E-state index in [1.807, 2.05) is 42.5 Å². The number of aromatic nitrogens is 1. The van der Waals surface area contributed by atoms with Crippen LogP contribution in [0.1, 0.15) is 51.4 Å². The summed E-state index contributed by atoms with van der Waals surface area (Å²) >= 11 is 0. The van der Waals surface area contributed by atoms with Crippen molar-refractivity contribution in [3.05, 3.63) is 125 Å². The van der Waals surface area contributed by atoms with Gasteiger partial charge < -0.3 is 24.6 Å². The summed E-state index contributed by atoms with van der Waals surface area (Å²) in [4.78, 5) is 19.0. The predicted molar refractivity (Wildman–Crippen MR) is 163 cm³/mol. The van der Waals surface area contributed by atoms with E-state index in [1.54, 1.807) is 24.5 Å². The van der Waals surface area contributed by atoms with Crippen molar-refractivity contribution in [1.82, 2.24) is 15.2 Å². The fourth-order valence-electron chi connectivity index (χ4n) is 5.66. The molecule has 0 saturated carbocycles. The number of ether oxygens (including phenoxy) is 3. The van der Waals surface area contributed by atoms with Gasteiger partial charge in [-0.15, -0.1) is 0 Å². The monoisotopic (exact) mass is 579 g/mol. The highest BCUT2D eigenvalue weighted by atomic mass is 16.7. The SMILES string of the molecule is O=C(NCc1ccccc1-c1ccc([C@@H]2O[C@H](CN3CCOCC3)C[C@H](c3ccc(CO)cc3)O2)cc1)c1cccnc1. The fraction of sp³-hybridized carbons (Fsp3) is 0.314. The van der Waals surface area contributed by atoms with Gasteiger partial charge in [0.15, 0.2) is 6.29 Å². The topological polar surface area (TPSA) is 93.2 Å². The highest BCUT2D eigenvalue weighted by molar-refractivity contribution is 5.93. The Kier molecular flexibility index (Phi) is 9.52. The van der Waals surface area contributed by atoms with Crippen LogP contribution in [0.5, 0.6) is 0 Å². The number of benzene rings is 3. The Bertz CT molecular complexity index is 1470. The lowest BCUT2D eigenvalue weighted by Crippen LogP contribution is -2.44. The molecule has 0 unspecified atom stereocenters. The molecule has 222 valence electrons. The fourth-order valence-corrected chi connectivity index (χ4v) is 5.66. The highest BCUT2D eigenvalue weighted by Crippen LogP contribution is 2.39. The molecule has 4 aromatic rings. The Balaban J connectivity index is 1.18. The number of carbonyl (C=O) groups is 1. The molecule has 0 aliphatic carbocycles. The number of pyridine rings is 1. The lowest BCUT2D eigenvalue weighted by Gasteiger charge is -2.39. The summed E-state index contributed by atoms with van der Waals surface area (Å²) in [5, 5.41) is 12.5. The van der Waals surface area contributed by atoms with E-state index in [-0.39, 0.29) is 24.7 Å². The van der Waals surface area contributed by atoms with Crippen LogP contribution < -0.4 is 5.32 Å². The molecule has 0 spiro atoms. The van der Waals surface area contributed by atoms with E-state index in [9.17, 15) is 9.90 Å². The third kappa shape index (κ3) is 7.36. The molecule has 3 heterocycles. The van der Waals surface area contributed by atoms with Gasteiger partial charge >= 0.3 is 0 Å². The van der Waals surface area contributed by atoms with Crippen molar-refractivity contribution in [3.63, 3.8) is 0 Å². The van der Waals surface area contributed by atoms with Gasteiger partial charge in [-0.05, 0) is 39.9 Å². The average Bonchev–Trinajstić information content (AvgIpc) is 3.08. The molecule has 8 heteroatoms. The molecule has 3 aromatic carbocycles. The summed E-state index contributed by atoms with van der Waals surface area (Å²) in [5.41, 5.74) is 6.57. The molecule has 8 nitrogen and oxygen atoms in total. The van der Waals surface area contributed by atoms with E-state index < -0.39 is 6.29 Å². The summed E-state index contributed by atoms with van der Waals surface area (Å²) in [6.45, 7) is 4.54. The third-order valence-electron chi connectivity index (χ3n) is 8.05. The second kappa shape index (κ2) is 14.0. The zero-order chi connectivity index (χ0) is 29.4. The highest BCUT2D eigenvalue weighted by Gasteiger charge is 2.33. The number of rotatable bonds is 9. The molecule has 2 aliphatic heterocycles. The standard InChI is InChI=1S/C35H37N3O5/c39-24-25-7-9-27(10-8-25)33-20-31(23-38-16-18-41-19-17-38)42-35(43-33)28-13-11-26(12-14-28)32-6-2-1-4-29(32)22-37-34(40)30-5-3-15-36-21-30/h1-15,21,31,33,35,39H,16-20,22-24H2,(H,37,40)/t31-,33+,35+/m0/s1. The van der Waals surface area contributed by atoms with Crippen molar-refractivity contribution in [3.8, 4) is 11.1 Å². The van der Waals surface area contributed by atoms with Crippen molar-refractivity contribution < 1.29 is 24.1 Å².